The minimum atomic E-state index is 0.687. The molecule has 4 heteroatoms. The molecule has 0 saturated heterocycles. The fourth-order valence-corrected chi connectivity index (χ4v) is 2.85. The molecule has 24 heavy (non-hydrogen) atoms. The average Bonchev–Trinajstić information content (AvgIpc) is 2.60. The van der Waals surface area contributed by atoms with Gasteiger partial charge in [-0.05, 0) is 68.7 Å². The molecule has 2 rings (SSSR count). The average molecular weight is 342 g/mol. The molecule has 0 aliphatic rings. The van der Waals surface area contributed by atoms with E-state index in [2.05, 4.69) is 78.8 Å². The first-order valence-corrected chi connectivity index (χ1v) is 8.93. The molecule has 0 unspecified atom stereocenters. The summed E-state index contributed by atoms with van der Waals surface area (Å²) >= 11 is 5.40. The number of benzene rings is 2. The Morgan fingerprint density at radius 1 is 1.04 bits per heavy atom. The van der Waals surface area contributed by atoms with Crippen molar-refractivity contribution in [3.63, 3.8) is 0 Å². The zero-order valence-electron chi connectivity index (χ0n) is 14.8. The van der Waals surface area contributed by atoms with Crippen LogP contribution >= 0.6 is 12.2 Å². The van der Waals surface area contributed by atoms with Crippen molar-refractivity contribution in [2.24, 2.45) is 0 Å². The molecule has 0 amide bonds. The molecule has 0 aromatic heterocycles. The predicted octanol–water partition coefficient (Wildman–Crippen LogP) is 4.51. The molecule has 0 bridgehead atoms. The van der Waals surface area contributed by atoms with Crippen LogP contribution in [0.1, 0.15) is 24.5 Å². The Kier molecular flexibility index (Phi) is 7.07. The lowest BCUT2D eigenvalue weighted by Gasteiger charge is -2.23. The maximum Gasteiger partial charge on any atom is 0.170 e. The van der Waals surface area contributed by atoms with Crippen LogP contribution in [-0.2, 0) is 0 Å². The van der Waals surface area contributed by atoms with Gasteiger partial charge in [0.2, 0.25) is 0 Å². The SMILES string of the molecule is CCN(CCCNC(=S)Nc1cccc(C)c1C)c1ccccc1. The molecule has 0 aliphatic carbocycles. The van der Waals surface area contributed by atoms with Crippen LogP contribution in [0.5, 0.6) is 0 Å². The summed E-state index contributed by atoms with van der Waals surface area (Å²) in [5.74, 6) is 0. The van der Waals surface area contributed by atoms with E-state index in [1.54, 1.807) is 0 Å². The zero-order chi connectivity index (χ0) is 17.4. The zero-order valence-corrected chi connectivity index (χ0v) is 15.6. The monoisotopic (exact) mass is 341 g/mol. The number of thiocarbonyl (C=S) groups is 1. The van der Waals surface area contributed by atoms with E-state index in [9.17, 15) is 0 Å². The van der Waals surface area contributed by atoms with E-state index in [4.69, 9.17) is 12.2 Å². The van der Waals surface area contributed by atoms with Crippen molar-refractivity contribution in [3.05, 3.63) is 59.7 Å². The number of anilines is 2. The summed E-state index contributed by atoms with van der Waals surface area (Å²) in [7, 11) is 0. The Bertz CT molecular complexity index is 655. The second-order valence-electron chi connectivity index (χ2n) is 5.90. The molecular weight excluding hydrogens is 314 g/mol. The molecule has 0 fully saturated rings. The number of aryl methyl sites for hydroxylation is 1. The van der Waals surface area contributed by atoms with Crippen LogP contribution < -0.4 is 15.5 Å². The molecule has 0 saturated carbocycles. The van der Waals surface area contributed by atoms with Gasteiger partial charge in [0.25, 0.3) is 0 Å². The fourth-order valence-electron chi connectivity index (χ4n) is 2.63. The van der Waals surface area contributed by atoms with Gasteiger partial charge in [0, 0.05) is 31.0 Å². The Labute approximate surface area is 151 Å². The number of nitrogens with one attached hydrogen (secondary N) is 2. The molecule has 0 atom stereocenters. The van der Waals surface area contributed by atoms with Crippen LogP contribution in [0.25, 0.3) is 0 Å². The highest BCUT2D eigenvalue weighted by Gasteiger charge is 2.05. The lowest BCUT2D eigenvalue weighted by Crippen LogP contribution is -2.32. The topological polar surface area (TPSA) is 27.3 Å². The summed E-state index contributed by atoms with van der Waals surface area (Å²) < 4.78 is 0. The lowest BCUT2D eigenvalue weighted by atomic mass is 10.1. The largest absolute Gasteiger partial charge is 0.372 e. The van der Waals surface area contributed by atoms with Gasteiger partial charge < -0.3 is 15.5 Å². The molecular formula is C20H27N3S. The minimum Gasteiger partial charge on any atom is -0.372 e. The highest BCUT2D eigenvalue weighted by Crippen LogP contribution is 2.17. The first-order chi connectivity index (χ1) is 11.6. The van der Waals surface area contributed by atoms with E-state index in [0.29, 0.717) is 5.11 Å². The minimum absolute atomic E-state index is 0.687. The van der Waals surface area contributed by atoms with Gasteiger partial charge >= 0.3 is 0 Å². The van der Waals surface area contributed by atoms with Crippen LogP contribution in [0.3, 0.4) is 0 Å². The number of hydrogen-bond donors (Lipinski definition) is 2. The van der Waals surface area contributed by atoms with E-state index >= 15 is 0 Å². The quantitative estimate of drug-likeness (QED) is 0.572. The van der Waals surface area contributed by atoms with Crippen molar-refractivity contribution in [3.8, 4) is 0 Å². The molecule has 2 aromatic carbocycles. The van der Waals surface area contributed by atoms with E-state index in [-0.39, 0.29) is 0 Å². The highest BCUT2D eigenvalue weighted by molar-refractivity contribution is 7.80. The molecule has 0 radical (unpaired) electrons. The smallest absolute Gasteiger partial charge is 0.170 e. The summed E-state index contributed by atoms with van der Waals surface area (Å²) in [5.41, 5.74) is 4.86. The molecule has 2 N–H and O–H groups in total. The highest BCUT2D eigenvalue weighted by atomic mass is 32.1. The van der Waals surface area contributed by atoms with Crippen molar-refractivity contribution in [1.29, 1.82) is 0 Å². The van der Waals surface area contributed by atoms with Gasteiger partial charge in [-0.3, -0.25) is 0 Å². The van der Waals surface area contributed by atoms with Gasteiger partial charge in [0.05, 0.1) is 0 Å². The summed E-state index contributed by atoms with van der Waals surface area (Å²) in [4.78, 5) is 2.38. The molecule has 0 heterocycles. The standard InChI is InChI=1S/C20H27N3S/c1-4-23(18-11-6-5-7-12-18)15-9-14-21-20(24)22-19-13-8-10-16(2)17(19)3/h5-8,10-13H,4,9,14-15H2,1-3H3,(H2,21,22,24). The lowest BCUT2D eigenvalue weighted by molar-refractivity contribution is 0.726. The van der Waals surface area contributed by atoms with Crippen molar-refractivity contribution < 1.29 is 0 Å². The third-order valence-corrected chi connectivity index (χ3v) is 4.49. The van der Waals surface area contributed by atoms with Gasteiger partial charge in [-0.15, -0.1) is 0 Å². The van der Waals surface area contributed by atoms with Crippen molar-refractivity contribution in [2.75, 3.05) is 29.9 Å². The number of para-hydroxylation sites is 1. The Morgan fingerprint density at radius 2 is 1.79 bits per heavy atom. The Balaban J connectivity index is 1.75. The normalized spacial score (nSPS) is 10.3. The molecule has 2 aromatic rings. The Morgan fingerprint density at radius 3 is 2.50 bits per heavy atom. The van der Waals surface area contributed by atoms with E-state index < -0.39 is 0 Å². The van der Waals surface area contributed by atoms with Crippen LogP contribution in [0.2, 0.25) is 0 Å². The Hall–Kier alpha value is -2.07. The van der Waals surface area contributed by atoms with Crippen LogP contribution in [0.15, 0.2) is 48.5 Å². The number of nitrogens with zero attached hydrogens (tertiary/aromatic N) is 1. The fraction of sp³-hybridized carbons (Fsp3) is 0.350. The molecule has 128 valence electrons. The maximum absolute atomic E-state index is 5.40. The summed E-state index contributed by atoms with van der Waals surface area (Å²) in [6.45, 7) is 9.29. The summed E-state index contributed by atoms with van der Waals surface area (Å²) in [5, 5.41) is 7.28. The summed E-state index contributed by atoms with van der Waals surface area (Å²) in [6.07, 6.45) is 1.04. The van der Waals surface area contributed by atoms with Gasteiger partial charge in [0.1, 0.15) is 0 Å². The summed E-state index contributed by atoms with van der Waals surface area (Å²) in [6, 6.07) is 16.7. The third kappa shape index (κ3) is 5.24. The first-order valence-electron chi connectivity index (χ1n) is 8.53. The molecule has 0 aliphatic heterocycles. The van der Waals surface area contributed by atoms with E-state index in [0.717, 1.165) is 31.7 Å². The van der Waals surface area contributed by atoms with Gasteiger partial charge in [-0.2, -0.15) is 0 Å². The van der Waals surface area contributed by atoms with Crippen LogP contribution in [-0.4, -0.2) is 24.7 Å². The third-order valence-electron chi connectivity index (χ3n) is 4.25. The van der Waals surface area contributed by atoms with E-state index in [1.807, 2.05) is 6.07 Å². The first kappa shape index (κ1) is 18.3. The maximum atomic E-state index is 5.40. The van der Waals surface area contributed by atoms with Gasteiger partial charge in [-0.1, -0.05) is 30.3 Å². The van der Waals surface area contributed by atoms with Crippen LogP contribution in [0, 0.1) is 13.8 Å². The van der Waals surface area contributed by atoms with Crippen molar-refractivity contribution in [2.45, 2.75) is 27.2 Å². The second kappa shape index (κ2) is 9.28. The van der Waals surface area contributed by atoms with E-state index in [1.165, 1.54) is 16.8 Å². The second-order valence-corrected chi connectivity index (χ2v) is 6.31. The molecule has 0 spiro atoms. The number of hydrogen-bond acceptors (Lipinski definition) is 2. The molecule has 3 nitrogen and oxygen atoms in total. The van der Waals surface area contributed by atoms with Crippen molar-refractivity contribution >= 4 is 28.7 Å². The van der Waals surface area contributed by atoms with Gasteiger partial charge in [0.15, 0.2) is 5.11 Å². The predicted molar refractivity (Wildman–Crippen MR) is 109 cm³/mol. The number of rotatable bonds is 7. The van der Waals surface area contributed by atoms with Crippen LogP contribution in [0.4, 0.5) is 11.4 Å². The van der Waals surface area contributed by atoms with Gasteiger partial charge in [-0.25, -0.2) is 0 Å². The van der Waals surface area contributed by atoms with Crippen molar-refractivity contribution in [1.82, 2.24) is 5.32 Å².